The van der Waals surface area contributed by atoms with E-state index in [0.29, 0.717) is 28.8 Å². The lowest BCUT2D eigenvalue weighted by molar-refractivity contribution is 0.102. The zero-order valence-corrected chi connectivity index (χ0v) is 16.6. The Morgan fingerprint density at radius 3 is 2.37 bits per heavy atom. The second kappa shape index (κ2) is 7.91. The molecule has 2 aromatic rings. The standard InChI is InChI=1S/C22H29N3O2/c1-14-9-15(2)13-25(12-14)21-11-20(19(23)10-16(21)3)24-22(26)17-5-7-18(27-4)8-6-17/h5-8,10-11,14-15H,9,12-13,23H2,1-4H3,(H,24,26)/t14-,15-/m0/s1. The number of piperidine rings is 1. The van der Waals surface area contributed by atoms with E-state index < -0.39 is 0 Å². The van der Waals surface area contributed by atoms with Crippen LogP contribution in [0.2, 0.25) is 0 Å². The minimum absolute atomic E-state index is 0.181. The van der Waals surface area contributed by atoms with Gasteiger partial charge in [0.2, 0.25) is 0 Å². The lowest BCUT2D eigenvalue weighted by Crippen LogP contribution is -2.39. The molecule has 1 amide bonds. The van der Waals surface area contributed by atoms with E-state index in [4.69, 9.17) is 10.5 Å². The van der Waals surface area contributed by atoms with Crippen molar-refractivity contribution < 1.29 is 9.53 Å². The second-order valence-electron chi connectivity index (χ2n) is 7.76. The molecule has 0 radical (unpaired) electrons. The molecule has 1 aliphatic rings. The number of hydrogen-bond acceptors (Lipinski definition) is 4. The molecule has 0 aromatic heterocycles. The summed E-state index contributed by atoms with van der Waals surface area (Å²) in [5.74, 6) is 1.85. The first kappa shape index (κ1) is 19.1. The van der Waals surface area contributed by atoms with E-state index in [0.717, 1.165) is 30.1 Å². The van der Waals surface area contributed by atoms with Crippen LogP contribution >= 0.6 is 0 Å². The number of nitrogen functional groups attached to an aromatic ring is 1. The Bertz CT molecular complexity index is 807. The van der Waals surface area contributed by atoms with Crippen LogP contribution in [0.5, 0.6) is 5.75 Å². The van der Waals surface area contributed by atoms with Crippen molar-refractivity contribution in [3.05, 3.63) is 47.5 Å². The summed E-state index contributed by atoms with van der Waals surface area (Å²) in [6, 6.07) is 11.0. The molecule has 0 unspecified atom stereocenters. The molecule has 1 saturated heterocycles. The molecule has 0 aliphatic carbocycles. The van der Waals surface area contributed by atoms with Crippen molar-refractivity contribution in [2.75, 3.05) is 36.1 Å². The number of nitrogens with one attached hydrogen (secondary N) is 1. The molecule has 1 aliphatic heterocycles. The molecule has 2 aromatic carbocycles. The second-order valence-corrected chi connectivity index (χ2v) is 7.76. The van der Waals surface area contributed by atoms with Crippen molar-refractivity contribution in [2.45, 2.75) is 27.2 Å². The van der Waals surface area contributed by atoms with Gasteiger partial charge >= 0.3 is 0 Å². The molecular weight excluding hydrogens is 338 g/mol. The predicted molar refractivity (Wildman–Crippen MR) is 112 cm³/mol. The van der Waals surface area contributed by atoms with Crippen LogP contribution in [0.15, 0.2) is 36.4 Å². The van der Waals surface area contributed by atoms with E-state index in [1.807, 2.05) is 12.1 Å². The number of benzene rings is 2. The molecule has 3 N–H and O–H groups in total. The maximum Gasteiger partial charge on any atom is 0.255 e. The fraction of sp³-hybridized carbons (Fsp3) is 0.409. The van der Waals surface area contributed by atoms with Crippen molar-refractivity contribution in [2.24, 2.45) is 11.8 Å². The first-order valence-electron chi connectivity index (χ1n) is 9.47. The zero-order valence-electron chi connectivity index (χ0n) is 16.6. The van der Waals surface area contributed by atoms with Crippen LogP contribution in [0.3, 0.4) is 0 Å². The molecule has 144 valence electrons. The van der Waals surface area contributed by atoms with Crippen molar-refractivity contribution in [1.82, 2.24) is 0 Å². The Hall–Kier alpha value is -2.69. The summed E-state index contributed by atoms with van der Waals surface area (Å²) in [4.78, 5) is 15.0. The third-order valence-corrected chi connectivity index (χ3v) is 5.18. The first-order chi connectivity index (χ1) is 12.9. The summed E-state index contributed by atoms with van der Waals surface area (Å²) < 4.78 is 5.14. The van der Waals surface area contributed by atoms with Crippen molar-refractivity contribution in [3.63, 3.8) is 0 Å². The number of carbonyl (C=O) groups excluding carboxylic acids is 1. The van der Waals surface area contributed by atoms with E-state index in [1.54, 1.807) is 31.4 Å². The molecular formula is C22H29N3O2. The number of nitrogens with two attached hydrogens (primary N) is 1. The molecule has 0 spiro atoms. The molecule has 5 heteroatoms. The van der Waals surface area contributed by atoms with Crippen LogP contribution in [0.25, 0.3) is 0 Å². The smallest absolute Gasteiger partial charge is 0.255 e. The lowest BCUT2D eigenvalue weighted by atomic mass is 9.91. The van der Waals surface area contributed by atoms with Crippen molar-refractivity contribution >= 4 is 23.0 Å². The third-order valence-electron chi connectivity index (χ3n) is 5.18. The average Bonchev–Trinajstić information content (AvgIpc) is 2.63. The normalized spacial score (nSPS) is 19.6. The van der Waals surface area contributed by atoms with Gasteiger partial charge < -0.3 is 20.7 Å². The van der Waals surface area contributed by atoms with Crippen LogP contribution in [0.1, 0.15) is 36.2 Å². The molecule has 3 rings (SSSR count). The molecule has 0 saturated carbocycles. The Kier molecular flexibility index (Phi) is 5.59. The highest BCUT2D eigenvalue weighted by Crippen LogP contribution is 2.33. The number of methoxy groups -OCH3 is 1. The monoisotopic (exact) mass is 367 g/mol. The van der Waals surface area contributed by atoms with Gasteiger partial charge in [-0.15, -0.1) is 0 Å². The Morgan fingerprint density at radius 1 is 1.15 bits per heavy atom. The van der Waals surface area contributed by atoms with Crippen molar-refractivity contribution in [3.8, 4) is 5.75 Å². The number of amides is 1. The number of hydrogen-bond donors (Lipinski definition) is 2. The van der Waals surface area contributed by atoms with Crippen molar-refractivity contribution in [1.29, 1.82) is 0 Å². The minimum Gasteiger partial charge on any atom is -0.497 e. The third kappa shape index (κ3) is 4.35. The lowest BCUT2D eigenvalue weighted by Gasteiger charge is -2.37. The highest BCUT2D eigenvalue weighted by Gasteiger charge is 2.24. The predicted octanol–water partition coefficient (Wildman–Crippen LogP) is 4.32. The van der Waals surface area contributed by atoms with E-state index >= 15 is 0 Å². The van der Waals surface area contributed by atoms with Crippen LogP contribution in [-0.2, 0) is 0 Å². The van der Waals surface area contributed by atoms with Gasteiger partial charge in [0.15, 0.2) is 0 Å². The highest BCUT2D eigenvalue weighted by molar-refractivity contribution is 6.06. The van der Waals surface area contributed by atoms with E-state index in [1.165, 1.54) is 6.42 Å². The fourth-order valence-corrected chi connectivity index (χ4v) is 3.96. The maximum atomic E-state index is 12.6. The molecule has 27 heavy (non-hydrogen) atoms. The summed E-state index contributed by atoms with van der Waals surface area (Å²) in [6.45, 7) is 8.72. The molecule has 1 heterocycles. The number of carbonyl (C=O) groups is 1. The SMILES string of the molecule is COc1ccc(C(=O)Nc2cc(N3C[C@@H](C)C[C@H](C)C3)c(C)cc2N)cc1. The van der Waals surface area contributed by atoms with Gasteiger partial charge in [-0.2, -0.15) is 0 Å². The van der Waals surface area contributed by atoms with Gasteiger partial charge in [0, 0.05) is 24.3 Å². The van der Waals surface area contributed by atoms with Gasteiger partial charge in [-0.25, -0.2) is 0 Å². The van der Waals surface area contributed by atoms with Crippen LogP contribution in [0, 0.1) is 18.8 Å². The minimum atomic E-state index is -0.181. The van der Waals surface area contributed by atoms with Gasteiger partial charge in [0.05, 0.1) is 18.5 Å². The number of ether oxygens (including phenoxy) is 1. The zero-order chi connectivity index (χ0) is 19.6. The van der Waals surface area contributed by atoms with E-state index in [9.17, 15) is 4.79 Å². The molecule has 0 bridgehead atoms. The van der Waals surface area contributed by atoms with Gasteiger partial charge in [-0.05, 0) is 67.1 Å². The quantitative estimate of drug-likeness (QED) is 0.790. The fourth-order valence-electron chi connectivity index (χ4n) is 3.96. The van der Waals surface area contributed by atoms with Crippen LogP contribution in [-0.4, -0.2) is 26.1 Å². The summed E-state index contributed by atoms with van der Waals surface area (Å²) in [6.07, 6.45) is 1.26. The highest BCUT2D eigenvalue weighted by atomic mass is 16.5. The van der Waals surface area contributed by atoms with E-state index in [-0.39, 0.29) is 5.91 Å². The molecule has 5 nitrogen and oxygen atoms in total. The van der Waals surface area contributed by atoms with Gasteiger partial charge in [-0.1, -0.05) is 13.8 Å². The van der Waals surface area contributed by atoms with Gasteiger partial charge in [0.25, 0.3) is 5.91 Å². The number of rotatable bonds is 4. The van der Waals surface area contributed by atoms with E-state index in [2.05, 4.69) is 31.0 Å². The first-order valence-corrected chi connectivity index (χ1v) is 9.47. The van der Waals surface area contributed by atoms with Gasteiger partial charge in [-0.3, -0.25) is 4.79 Å². The number of aryl methyl sites for hydroxylation is 1. The summed E-state index contributed by atoms with van der Waals surface area (Å²) >= 11 is 0. The van der Waals surface area contributed by atoms with Gasteiger partial charge in [0.1, 0.15) is 5.75 Å². The average molecular weight is 367 g/mol. The molecule has 1 fully saturated rings. The topological polar surface area (TPSA) is 67.6 Å². The Morgan fingerprint density at radius 2 is 1.78 bits per heavy atom. The summed E-state index contributed by atoms with van der Waals surface area (Å²) in [5, 5.41) is 2.96. The van der Waals surface area contributed by atoms with Crippen LogP contribution in [0.4, 0.5) is 17.1 Å². The number of nitrogens with zero attached hydrogens (tertiary/aromatic N) is 1. The summed E-state index contributed by atoms with van der Waals surface area (Å²) in [5.41, 5.74) is 10.3. The maximum absolute atomic E-state index is 12.6. The molecule has 2 atom stereocenters. The Balaban J connectivity index is 1.83. The summed E-state index contributed by atoms with van der Waals surface area (Å²) in [7, 11) is 1.60. The Labute approximate surface area is 161 Å². The largest absolute Gasteiger partial charge is 0.497 e. The van der Waals surface area contributed by atoms with Crippen LogP contribution < -0.4 is 20.7 Å². The number of anilines is 3.